The molecule has 296 valence electrons. The molecule has 1 aromatic carbocycles. The Labute approximate surface area is 323 Å². The molecule has 2 atom stereocenters. The van der Waals surface area contributed by atoms with Gasteiger partial charge in [0.05, 0.1) is 13.2 Å². The number of benzene rings is 1. The van der Waals surface area contributed by atoms with E-state index in [2.05, 4.69) is 97.7 Å². The van der Waals surface area contributed by atoms with E-state index < -0.39 is 0 Å². The fraction of sp³-hybridized carbons (Fsp3) is 0.714. The Bertz CT molecular complexity index is 938. The maximum absolute atomic E-state index is 6.30. The lowest BCUT2D eigenvalue weighted by molar-refractivity contribution is 0.0482. The van der Waals surface area contributed by atoms with E-state index in [0.29, 0.717) is 11.8 Å². The van der Waals surface area contributed by atoms with Crippen molar-refractivity contribution in [2.24, 2.45) is 11.8 Å². The summed E-state index contributed by atoms with van der Waals surface area (Å²) in [5.74, 6) is 1.15. The molecule has 0 unspecified atom stereocenters. The molecular formula is C49H83NO2. The van der Waals surface area contributed by atoms with Crippen LogP contribution in [0.25, 0.3) is 0 Å². The summed E-state index contributed by atoms with van der Waals surface area (Å²) in [7, 11) is 0. The first-order chi connectivity index (χ1) is 25.8. The molecule has 1 heterocycles. The topological polar surface area (TPSA) is 21.7 Å². The largest absolute Gasteiger partial charge is 0.381 e. The third-order valence-electron chi connectivity index (χ3n) is 10.5. The Kier molecular flexibility index (Phi) is 32.0. The van der Waals surface area contributed by atoms with Gasteiger partial charge in [-0.1, -0.05) is 170 Å². The van der Waals surface area contributed by atoms with Crippen LogP contribution in [0.3, 0.4) is 0 Å². The van der Waals surface area contributed by atoms with Crippen LogP contribution in [0.4, 0.5) is 0 Å². The first kappa shape index (κ1) is 46.2. The van der Waals surface area contributed by atoms with Crippen molar-refractivity contribution < 1.29 is 9.47 Å². The van der Waals surface area contributed by atoms with Gasteiger partial charge in [-0.2, -0.15) is 0 Å². The maximum atomic E-state index is 6.30. The summed E-state index contributed by atoms with van der Waals surface area (Å²) in [6, 6.07) is 10.9. The van der Waals surface area contributed by atoms with Gasteiger partial charge in [-0.15, -0.1) is 0 Å². The standard InChI is InChI=1S/C49H83NO2/c1-3-5-7-9-11-13-15-17-19-21-23-25-27-29-31-36-40-51-45-48-43-50(42-47-38-34-33-35-39-47)44-49(48)46-52-41-37-32-30-28-26-24-22-20-18-16-14-12-10-8-6-4-2/h11-14,17-20,33-35,38-39,48-49H,3-10,15-16,21-32,36-37,40-46H2,1-2H3/b13-11-,14-12-,19-17-,20-18-/t48-,49-/m0/s1. The van der Waals surface area contributed by atoms with Crippen LogP contribution in [0.2, 0.25) is 0 Å². The predicted molar refractivity (Wildman–Crippen MR) is 229 cm³/mol. The Hall–Kier alpha value is -1.94. The third-order valence-corrected chi connectivity index (χ3v) is 10.5. The lowest BCUT2D eigenvalue weighted by Gasteiger charge is -2.18. The molecular weight excluding hydrogens is 635 g/mol. The first-order valence-electron chi connectivity index (χ1n) is 22.3. The van der Waals surface area contributed by atoms with E-state index in [0.717, 1.165) is 58.9 Å². The molecule has 0 aliphatic carbocycles. The summed E-state index contributed by atoms with van der Waals surface area (Å²) < 4.78 is 12.6. The SMILES string of the molecule is CCCCC/C=C\C/C=C\CCCCCCCCOC[C@@H]1CN(Cc2ccccc2)C[C@H]1COCCCCCCCC/C=C\C/C=C\CCCCC. The number of ether oxygens (including phenoxy) is 2. The summed E-state index contributed by atoms with van der Waals surface area (Å²) in [5.41, 5.74) is 1.41. The van der Waals surface area contributed by atoms with Crippen molar-refractivity contribution in [2.45, 2.75) is 174 Å². The van der Waals surface area contributed by atoms with Crippen LogP contribution in [-0.4, -0.2) is 44.4 Å². The zero-order chi connectivity index (χ0) is 36.8. The fourth-order valence-electron chi connectivity index (χ4n) is 7.24. The molecule has 0 N–H and O–H groups in total. The molecule has 52 heavy (non-hydrogen) atoms. The minimum atomic E-state index is 0.573. The molecule has 0 bridgehead atoms. The summed E-state index contributed by atoms with van der Waals surface area (Å²) in [5, 5.41) is 0. The molecule has 3 nitrogen and oxygen atoms in total. The van der Waals surface area contributed by atoms with Gasteiger partial charge < -0.3 is 9.47 Å². The van der Waals surface area contributed by atoms with Crippen LogP contribution in [0, 0.1) is 11.8 Å². The second kappa shape index (κ2) is 36.1. The molecule has 0 radical (unpaired) electrons. The summed E-state index contributed by atoms with van der Waals surface area (Å²) in [6.45, 7) is 11.4. The Morgan fingerprint density at radius 2 is 0.865 bits per heavy atom. The summed E-state index contributed by atoms with van der Waals surface area (Å²) in [6.07, 6.45) is 49.7. The van der Waals surface area contributed by atoms with E-state index in [-0.39, 0.29) is 0 Å². The van der Waals surface area contributed by atoms with Crippen molar-refractivity contribution >= 4 is 0 Å². The van der Waals surface area contributed by atoms with Gasteiger partial charge in [0, 0.05) is 44.7 Å². The van der Waals surface area contributed by atoms with Crippen molar-refractivity contribution in [1.29, 1.82) is 0 Å². The third kappa shape index (κ3) is 27.6. The average molecular weight is 718 g/mol. The van der Waals surface area contributed by atoms with Crippen LogP contribution in [0.15, 0.2) is 78.9 Å². The zero-order valence-corrected chi connectivity index (χ0v) is 34.3. The van der Waals surface area contributed by atoms with E-state index in [1.807, 2.05) is 0 Å². The molecule has 0 amide bonds. The highest BCUT2D eigenvalue weighted by Crippen LogP contribution is 2.26. The number of unbranched alkanes of at least 4 members (excludes halogenated alkanes) is 18. The van der Waals surface area contributed by atoms with Gasteiger partial charge in [0.1, 0.15) is 0 Å². The number of hydrogen-bond acceptors (Lipinski definition) is 3. The molecule has 0 saturated carbocycles. The van der Waals surface area contributed by atoms with E-state index in [1.165, 1.54) is 147 Å². The number of hydrogen-bond donors (Lipinski definition) is 0. The lowest BCUT2D eigenvalue weighted by Crippen LogP contribution is -2.23. The number of nitrogens with zero attached hydrogens (tertiary/aromatic N) is 1. The average Bonchev–Trinajstić information content (AvgIpc) is 3.54. The first-order valence-corrected chi connectivity index (χ1v) is 22.3. The van der Waals surface area contributed by atoms with Crippen LogP contribution >= 0.6 is 0 Å². The number of allylic oxidation sites excluding steroid dienone is 8. The molecule has 0 aromatic heterocycles. The Morgan fingerprint density at radius 3 is 1.29 bits per heavy atom. The molecule has 2 rings (SSSR count). The second-order valence-corrected chi connectivity index (χ2v) is 15.5. The van der Waals surface area contributed by atoms with Crippen molar-refractivity contribution in [1.82, 2.24) is 4.90 Å². The molecule has 1 aromatic rings. The van der Waals surface area contributed by atoms with Gasteiger partial charge in [0.15, 0.2) is 0 Å². The smallest absolute Gasteiger partial charge is 0.0510 e. The predicted octanol–water partition coefficient (Wildman–Crippen LogP) is 14.4. The molecule has 1 fully saturated rings. The molecule has 1 saturated heterocycles. The highest BCUT2D eigenvalue weighted by atomic mass is 16.5. The highest BCUT2D eigenvalue weighted by molar-refractivity contribution is 5.14. The van der Waals surface area contributed by atoms with Gasteiger partial charge in [0.2, 0.25) is 0 Å². The molecule has 1 aliphatic rings. The van der Waals surface area contributed by atoms with Crippen LogP contribution in [0.1, 0.15) is 174 Å². The van der Waals surface area contributed by atoms with Crippen LogP contribution in [0.5, 0.6) is 0 Å². The Balaban J connectivity index is 1.49. The maximum Gasteiger partial charge on any atom is 0.0510 e. The normalized spacial score (nSPS) is 17.0. The minimum Gasteiger partial charge on any atom is -0.381 e. The molecule has 0 spiro atoms. The minimum absolute atomic E-state index is 0.573. The van der Waals surface area contributed by atoms with Gasteiger partial charge in [-0.05, 0) is 82.6 Å². The molecule has 1 aliphatic heterocycles. The highest BCUT2D eigenvalue weighted by Gasteiger charge is 2.32. The monoisotopic (exact) mass is 718 g/mol. The van der Waals surface area contributed by atoms with Gasteiger partial charge in [0.25, 0.3) is 0 Å². The van der Waals surface area contributed by atoms with E-state index in [1.54, 1.807) is 0 Å². The number of rotatable bonds is 36. The van der Waals surface area contributed by atoms with Crippen molar-refractivity contribution in [3.8, 4) is 0 Å². The van der Waals surface area contributed by atoms with E-state index >= 15 is 0 Å². The van der Waals surface area contributed by atoms with E-state index in [9.17, 15) is 0 Å². The van der Waals surface area contributed by atoms with Crippen molar-refractivity contribution in [3.63, 3.8) is 0 Å². The summed E-state index contributed by atoms with van der Waals surface area (Å²) in [4.78, 5) is 2.62. The van der Waals surface area contributed by atoms with E-state index in [4.69, 9.17) is 9.47 Å². The summed E-state index contributed by atoms with van der Waals surface area (Å²) >= 11 is 0. The van der Waals surface area contributed by atoms with Crippen molar-refractivity contribution in [3.05, 3.63) is 84.5 Å². The zero-order valence-electron chi connectivity index (χ0n) is 34.3. The van der Waals surface area contributed by atoms with Gasteiger partial charge >= 0.3 is 0 Å². The van der Waals surface area contributed by atoms with Crippen molar-refractivity contribution in [2.75, 3.05) is 39.5 Å². The fourth-order valence-corrected chi connectivity index (χ4v) is 7.24. The lowest BCUT2D eigenvalue weighted by atomic mass is 9.98. The van der Waals surface area contributed by atoms with Gasteiger partial charge in [-0.3, -0.25) is 4.90 Å². The Morgan fingerprint density at radius 1 is 0.481 bits per heavy atom. The molecule has 3 heteroatoms. The van der Waals surface area contributed by atoms with Gasteiger partial charge in [-0.25, -0.2) is 0 Å². The second-order valence-electron chi connectivity index (χ2n) is 15.5. The van der Waals surface area contributed by atoms with Crippen LogP contribution < -0.4 is 0 Å². The number of likely N-dealkylation sites (tertiary alicyclic amines) is 1. The van der Waals surface area contributed by atoms with Crippen LogP contribution in [-0.2, 0) is 16.0 Å². The quantitative estimate of drug-likeness (QED) is 0.0509.